The van der Waals surface area contributed by atoms with Gasteiger partial charge in [-0.2, -0.15) is 0 Å². The molecule has 0 spiro atoms. The van der Waals surface area contributed by atoms with E-state index in [4.69, 9.17) is 4.74 Å². The Morgan fingerprint density at radius 1 is 1.15 bits per heavy atom. The Bertz CT molecular complexity index is 926. The molecule has 0 radical (unpaired) electrons. The summed E-state index contributed by atoms with van der Waals surface area (Å²) in [6, 6.07) is 13.3. The van der Waals surface area contributed by atoms with Gasteiger partial charge in [-0.15, -0.1) is 0 Å². The van der Waals surface area contributed by atoms with Crippen molar-refractivity contribution >= 4 is 27.5 Å². The largest absolute Gasteiger partial charge is 0.494 e. The summed E-state index contributed by atoms with van der Waals surface area (Å²) in [6.45, 7) is 2.40. The van der Waals surface area contributed by atoms with Crippen LogP contribution in [0.4, 0.5) is 5.69 Å². The highest BCUT2D eigenvalue weighted by Crippen LogP contribution is 2.28. The molecule has 0 aromatic heterocycles. The number of amides is 2. The normalized spacial score (nSPS) is 17.0. The zero-order valence-electron chi connectivity index (χ0n) is 14.8. The van der Waals surface area contributed by atoms with Gasteiger partial charge in [0.1, 0.15) is 11.8 Å². The topological polar surface area (TPSA) is 92.8 Å². The zero-order valence-corrected chi connectivity index (χ0v) is 15.6. The van der Waals surface area contributed by atoms with Crippen molar-refractivity contribution in [3.8, 4) is 5.75 Å². The lowest BCUT2D eigenvalue weighted by atomic mass is 10.2. The quantitative estimate of drug-likeness (QED) is 0.820. The van der Waals surface area contributed by atoms with Crippen molar-refractivity contribution in [3.05, 3.63) is 54.6 Å². The SMILES string of the molecule is CCOc1ccc(NC(=O)[C@H]2CCC(=O)N2S(=O)(=O)c2ccccc2)cc1. The Balaban J connectivity index is 1.80. The number of benzene rings is 2. The average Bonchev–Trinajstić information content (AvgIpc) is 3.07. The van der Waals surface area contributed by atoms with Crippen molar-refractivity contribution in [1.29, 1.82) is 0 Å². The fraction of sp³-hybridized carbons (Fsp3) is 0.263. The third-order valence-electron chi connectivity index (χ3n) is 4.20. The predicted molar refractivity (Wildman–Crippen MR) is 99.7 cm³/mol. The maximum absolute atomic E-state index is 12.8. The number of sulfonamides is 1. The number of ether oxygens (including phenoxy) is 1. The Kier molecular flexibility index (Phi) is 5.46. The monoisotopic (exact) mass is 388 g/mol. The Morgan fingerprint density at radius 3 is 2.44 bits per heavy atom. The first-order valence-corrected chi connectivity index (χ1v) is 10.0. The summed E-state index contributed by atoms with van der Waals surface area (Å²) in [4.78, 5) is 24.9. The van der Waals surface area contributed by atoms with E-state index < -0.39 is 27.9 Å². The van der Waals surface area contributed by atoms with Gasteiger partial charge in [-0.25, -0.2) is 12.7 Å². The van der Waals surface area contributed by atoms with Crippen molar-refractivity contribution in [2.45, 2.75) is 30.7 Å². The first-order chi connectivity index (χ1) is 12.9. The van der Waals surface area contributed by atoms with Gasteiger partial charge in [0, 0.05) is 12.1 Å². The van der Waals surface area contributed by atoms with Crippen LogP contribution in [0.25, 0.3) is 0 Å². The van der Waals surface area contributed by atoms with Gasteiger partial charge in [0.2, 0.25) is 11.8 Å². The highest BCUT2D eigenvalue weighted by molar-refractivity contribution is 7.89. The van der Waals surface area contributed by atoms with Crippen LogP contribution in [0.15, 0.2) is 59.5 Å². The van der Waals surface area contributed by atoms with Gasteiger partial charge in [0.05, 0.1) is 11.5 Å². The Hall–Kier alpha value is -2.87. The summed E-state index contributed by atoms with van der Waals surface area (Å²) in [6.07, 6.45) is 0.154. The smallest absolute Gasteiger partial charge is 0.267 e. The molecule has 2 aromatic carbocycles. The third-order valence-corrected chi connectivity index (χ3v) is 6.04. The van der Waals surface area contributed by atoms with E-state index in [1.807, 2.05) is 6.92 Å². The minimum Gasteiger partial charge on any atom is -0.494 e. The van der Waals surface area contributed by atoms with E-state index in [0.29, 0.717) is 22.3 Å². The average molecular weight is 388 g/mol. The van der Waals surface area contributed by atoms with E-state index in [1.165, 1.54) is 12.1 Å². The second-order valence-corrected chi connectivity index (χ2v) is 7.82. The van der Waals surface area contributed by atoms with Crippen LogP contribution in [0.2, 0.25) is 0 Å². The molecule has 1 aliphatic rings. The minimum atomic E-state index is -4.09. The van der Waals surface area contributed by atoms with Gasteiger partial charge < -0.3 is 10.1 Å². The number of anilines is 1. The predicted octanol–water partition coefficient (Wildman–Crippen LogP) is 2.40. The van der Waals surface area contributed by atoms with Crippen LogP contribution in [-0.4, -0.2) is 37.2 Å². The standard InChI is InChI=1S/C19H20N2O5S/c1-2-26-15-10-8-14(9-11-15)20-19(23)17-12-13-18(22)21(17)27(24,25)16-6-4-3-5-7-16/h3-11,17H,2,12-13H2,1H3,(H,20,23)/t17-/m1/s1. The van der Waals surface area contributed by atoms with Crippen LogP contribution in [0.1, 0.15) is 19.8 Å². The zero-order chi connectivity index (χ0) is 19.4. The van der Waals surface area contributed by atoms with Crippen molar-refractivity contribution in [2.75, 3.05) is 11.9 Å². The molecule has 2 aromatic rings. The molecule has 0 bridgehead atoms. The number of hydrogen-bond acceptors (Lipinski definition) is 5. The van der Waals surface area contributed by atoms with E-state index in [-0.39, 0.29) is 17.7 Å². The Labute approximate surface area is 158 Å². The first kappa shape index (κ1) is 18.9. The molecule has 0 saturated carbocycles. The summed E-state index contributed by atoms with van der Waals surface area (Å²) in [5.74, 6) is -0.449. The van der Waals surface area contributed by atoms with Crippen molar-refractivity contribution in [2.24, 2.45) is 0 Å². The molecule has 8 heteroatoms. The number of nitrogens with one attached hydrogen (secondary N) is 1. The summed E-state index contributed by atoms with van der Waals surface area (Å²) in [5, 5.41) is 2.67. The van der Waals surface area contributed by atoms with Crippen LogP contribution >= 0.6 is 0 Å². The summed E-state index contributed by atoms with van der Waals surface area (Å²) < 4.78 is 31.7. The van der Waals surface area contributed by atoms with E-state index >= 15 is 0 Å². The summed E-state index contributed by atoms with van der Waals surface area (Å²) in [7, 11) is -4.09. The second-order valence-electron chi connectivity index (χ2n) is 6.01. The first-order valence-electron chi connectivity index (χ1n) is 8.59. The lowest BCUT2D eigenvalue weighted by Gasteiger charge is -2.23. The number of carbonyl (C=O) groups excluding carboxylic acids is 2. The van der Waals surface area contributed by atoms with Gasteiger partial charge in [-0.1, -0.05) is 18.2 Å². The molecular weight excluding hydrogens is 368 g/mol. The highest BCUT2D eigenvalue weighted by Gasteiger charge is 2.44. The molecular formula is C19H20N2O5S. The van der Waals surface area contributed by atoms with Crippen LogP contribution < -0.4 is 10.1 Å². The van der Waals surface area contributed by atoms with Crippen LogP contribution in [0.5, 0.6) is 5.75 Å². The minimum absolute atomic E-state index is 0.00737. The summed E-state index contributed by atoms with van der Waals surface area (Å²) >= 11 is 0. The van der Waals surface area contributed by atoms with Gasteiger partial charge in [-0.05, 0) is 49.7 Å². The van der Waals surface area contributed by atoms with E-state index in [0.717, 1.165) is 0 Å². The van der Waals surface area contributed by atoms with Gasteiger partial charge in [-0.3, -0.25) is 9.59 Å². The van der Waals surface area contributed by atoms with Crippen molar-refractivity contribution < 1.29 is 22.7 Å². The molecule has 7 nitrogen and oxygen atoms in total. The lowest BCUT2D eigenvalue weighted by molar-refractivity contribution is -0.128. The van der Waals surface area contributed by atoms with Crippen molar-refractivity contribution in [3.63, 3.8) is 0 Å². The van der Waals surface area contributed by atoms with Gasteiger partial charge in [0.25, 0.3) is 10.0 Å². The molecule has 1 heterocycles. The summed E-state index contributed by atoms with van der Waals surface area (Å²) in [5.41, 5.74) is 0.500. The van der Waals surface area contributed by atoms with Crippen LogP contribution in [-0.2, 0) is 19.6 Å². The van der Waals surface area contributed by atoms with Crippen LogP contribution in [0, 0.1) is 0 Å². The third kappa shape index (κ3) is 3.95. The molecule has 1 fully saturated rings. The molecule has 0 unspecified atom stereocenters. The van der Waals surface area contributed by atoms with E-state index in [9.17, 15) is 18.0 Å². The van der Waals surface area contributed by atoms with E-state index in [1.54, 1.807) is 42.5 Å². The van der Waals surface area contributed by atoms with Gasteiger partial charge >= 0.3 is 0 Å². The maximum atomic E-state index is 12.8. The molecule has 142 valence electrons. The molecule has 1 aliphatic heterocycles. The number of hydrogen-bond donors (Lipinski definition) is 1. The fourth-order valence-electron chi connectivity index (χ4n) is 2.93. The maximum Gasteiger partial charge on any atom is 0.267 e. The fourth-order valence-corrected chi connectivity index (χ4v) is 4.56. The second kappa shape index (κ2) is 7.79. The van der Waals surface area contributed by atoms with Gasteiger partial charge in [0.15, 0.2) is 0 Å². The molecule has 1 atom stereocenters. The van der Waals surface area contributed by atoms with Crippen LogP contribution in [0.3, 0.4) is 0 Å². The Morgan fingerprint density at radius 2 is 1.81 bits per heavy atom. The lowest BCUT2D eigenvalue weighted by Crippen LogP contribution is -2.45. The highest BCUT2D eigenvalue weighted by atomic mass is 32.2. The molecule has 3 rings (SSSR count). The number of carbonyl (C=O) groups is 2. The molecule has 1 N–H and O–H groups in total. The molecule has 2 amide bonds. The molecule has 0 aliphatic carbocycles. The van der Waals surface area contributed by atoms with E-state index in [2.05, 4.69) is 5.32 Å². The molecule has 1 saturated heterocycles. The van der Waals surface area contributed by atoms with Crippen molar-refractivity contribution in [1.82, 2.24) is 4.31 Å². The molecule has 27 heavy (non-hydrogen) atoms. The number of rotatable bonds is 6. The number of nitrogens with zero attached hydrogens (tertiary/aromatic N) is 1.